The topological polar surface area (TPSA) is 55.8 Å². The lowest BCUT2D eigenvalue weighted by atomic mass is 9.87. The summed E-state index contributed by atoms with van der Waals surface area (Å²) in [5, 5.41) is 10.7. The summed E-state index contributed by atoms with van der Waals surface area (Å²) in [7, 11) is -0.123. The highest BCUT2D eigenvalue weighted by Crippen LogP contribution is 2.40. The third-order valence-electron chi connectivity index (χ3n) is 6.20. The molecule has 1 aliphatic carbocycles. The zero-order valence-electron chi connectivity index (χ0n) is 20.5. The van der Waals surface area contributed by atoms with Crippen molar-refractivity contribution in [2.45, 2.75) is 122 Å². The van der Waals surface area contributed by atoms with Crippen molar-refractivity contribution in [3.05, 3.63) is 12.2 Å². The molecule has 176 valence electrons. The number of allylic oxidation sites excluding steroid dienone is 1. The van der Waals surface area contributed by atoms with Crippen molar-refractivity contribution < 1.29 is 19.1 Å². The van der Waals surface area contributed by atoms with E-state index in [4.69, 9.17) is 9.16 Å². The van der Waals surface area contributed by atoms with Gasteiger partial charge in [0.15, 0.2) is 8.32 Å². The van der Waals surface area contributed by atoms with Gasteiger partial charge in [0, 0.05) is 12.5 Å². The van der Waals surface area contributed by atoms with Crippen LogP contribution in [0.4, 0.5) is 0 Å². The number of hydrogen-bond acceptors (Lipinski definition) is 4. The average Bonchev–Trinajstić information content (AvgIpc) is 3.02. The van der Waals surface area contributed by atoms with Gasteiger partial charge in [0.1, 0.15) is 0 Å². The second kappa shape index (κ2) is 13.7. The summed E-state index contributed by atoms with van der Waals surface area (Å²) in [4.78, 5) is 11.2. The van der Waals surface area contributed by atoms with Gasteiger partial charge in [-0.15, -0.1) is 0 Å². The van der Waals surface area contributed by atoms with E-state index in [1.165, 1.54) is 32.8 Å². The molecule has 0 heterocycles. The molecule has 0 spiro atoms. The highest BCUT2D eigenvalue weighted by Gasteiger charge is 2.37. The molecule has 0 aromatic carbocycles. The number of rotatable bonds is 15. The summed E-state index contributed by atoms with van der Waals surface area (Å²) in [5.41, 5.74) is -0.703. The number of carbonyl (C=O) groups is 1. The van der Waals surface area contributed by atoms with E-state index in [2.05, 4.69) is 38.7 Å². The van der Waals surface area contributed by atoms with Gasteiger partial charge >= 0.3 is 5.97 Å². The van der Waals surface area contributed by atoms with Gasteiger partial charge in [-0.05, 0) is 70.5 Å². The lowest BCUT2D eigenvalue weighted by molar-refractivity contribution is -0.140. The minimum absolute atomic E-state index is 0.106. The molecule has 0 aromatic heterocycles. The Morgan fingerprint density at radius 2 is 1.80 bits per heavy atom. The van der Waals surface area contributed by atoms with Crippen molar-refractivity contribution in [1.29, 1.82) is 0 Å². The summed E-state index contributed by atoms with van der Waals surface area (Å²) in [6.45, 7) is 11.0. The average molecular weight is 441 g/mol. The number of aliphatic hydroxyl groups is 1. The lowest BCUT2D eigenvalue weighted by Gasteiger charge is -2.30. The minimum Gasteiger partial charge on any atom is -0.469 e. The van der Waals surface area contributed by atoms with E-state index in [0.29, 0.717) is 24.4 Å². The van der Waals surface area contributed by atoms with Gasteiger partial charge in [-0.25, -0.2) is 0 Å². The van der Waals surface area contributed by atoms with Crippen LogP contribution in [-0.2, 0) is 14.0 Å². The van der Waals surface area contributed by atoms with Gasteiger partial charge < -0.3 is 14.3 Å². The van der Waals surface area contributed by atoms with Gasteiger partial charge in [0.05, 0.1) is 12.7 Å². The first kappa shape index (κ1) is 27.4. The summed E-state index contributed by atoms with van der Waals surface area (Å²) < 4.78 is 11.3. The van der Waals surface area contributed by atoms with Crippen LogP contribution in [0, 0.1) is 11.8 Å². The van der Waals surface area contributed by atoms with Gasteiger partial charge in [-0.1, -0.05) is 57.6 Å². The smallest absolute Gasteiger partial charge is 0.305 e. The number of unbranched alkanes of at least 4 members (excludes halogenated alkanes) is 5. The highest BCUT2D eigenvalue weighted by atomic mass is 28.4. The van der Waals surface area contributed by atoms with Crippen LogP contribution in [0.3, 0.4) is 0 Å². The van der Waals surface area contributed by atoms with Crippen molar-refractivity contribution in [3.8, 4) is 0 Å². The number of esters is 1. The number of hydrogen-bond donors (Lipinski definition) is 1. The standard InChI is InChI=1S/C25H48O4Si/c1-7-8-13-19-25(2,27)20-18-21-16-17-23(29-30(4,5)6)22(21)14-11-9-10-12-15-24(26)28-3/h18,20-23,27H,7-17,19H2,1-6H3/b20-18+. The maximum atomic E-state index is 11.2. The molecule has 0 aliphatic heterocycles. The highest BCUT2D eigenvalue weighted by molar-refractivity contribution is 6.69. The van der Waals surface area contributed by atoms with Gasteiger partial charge in [0.2, 0.25) is 0 Å². The summed E-state index contributed by atoms with van der Waals surface area (Å²) in [6.07, 6.45) is 17.3. The zero-order valence-corrected chi connectivity index (χ0v) is 21.5. The molecule has 0 aromatic rings. The fraction of sp³-hybridized carbons (Fsp3) is 0.880. The summed E-state index contributed by atoms with van der Waals surface area (Å²) in [5.74, 6) is 0.935. The minimum atomic E-state index is -1.58. The maximum Gasteiger partial charge on any atom is 0.305 e. The molecule has 1 N–H and O–H groups in total. The molecule has 5 heteroatoms. The van der Waals surface area contributed by atoms with Crippen LogP contribution in [0.1, 0.15) is 90.9 Å². The molecule has 1 aliphatic rings. The van der Waals surface area contributed by atoms with E-state index < -0.39 is 13.9 Å². The Morgan fingerprint density at radius 3 is 2.43 bits per heavy atom. The SMILES string of the molecule is CCCCCC(C)(O)/C=C/C1CCC(O[Si](C)(C)C)C1CCCCCCC(=O)OC. The Bertz CT molecular complexity index is 510. The Hall–Kier alpha value is -0.653. The Morgan fingerprint density at radius 1 is 1.10 bits per heavy atom. The lowest BCUT2D eigenvalue weighted by Crippen LogP contribution is -2.35. The van der Waals surface area contributed by atoms with Gasteiger partial charge in [-0.2, -0.15) is 0 Å². The molecule has 0 saturated heterocycles. The second-order valence-corrected chi connectivity index (χ2v) is 14.8. The Balaban J connectivity index is 2.61. The van der Waals surface area contributed by atoms with E-state index in [1.54, 1.807) is 0 Å². The third-order valence-corrected chi connectivity index (χ3v) is 7.21. The largest absolute Gasteiger partial charge is 0.469 e. The van der Waals surface area contributed by atoms with Crippen molar-refractivity contribution in [2.75, 3.05) is 7.11 Å². The van der Waals surface area contributed by atoms with Crippen LogP contribution in [0.5, 0.6) is 0 Å². The molecule has 1 saturated carbocycles. The predicted octanol–water partition coefficient (Wildman–Crippen LogP) is 6.63. The summed E-state index contributed by atoms with van der Waals surface area (Å²) >= 11 is 0. The van der Waals surface area contributed by atoms with Crippen molar-refractivity contribution >= 4 is 14.3 Å². The van der Waals surface area contributed by atoms with E-state index in [0.717, 1.165) is 44.9 Å². The second-order valence-electron chi connectivity index (χ2n) is 10.4. The van der Waals surface area contributed by atoms with E-state index in [9.17, 15) is 9.90 Å². The molecule has 30 heavy (non-hydrogen) atoms. The molecular formula is C25H48O4Si. The number of carbonyl (C=O) groups excluding carboxylic acids is 1. The molecule has 4 nitrogen and oxygen atoms in total. The van der Waals surface area contributed by atoms with Crippen LogP contribution in [0.2, 0.25) is 19.6 Å². The molecular weight excluding hydrogens is 392 g/mol. The van der Waals surface area contributed by atoms with E-state index in [1.807, 2.05) is 6.92 Å². The van der Waals surface area contributed by atoms with Crippen LogP contribution >= 0.6 is 0 Å². The first-order chi connectivity index (χ1) is 14.1. The molecule has 0 radical (unpaired) electrons. The number of ether oxygens (including phenoxy) is 1. The van der Waals surface area contributed by atoms with Crippen LogP contribution in [0.25, 0.3) is 0 Å². The predicted molar refractivity (Wildman–Crippen MR) is 128 cm³/mol. The molecule has 1 rings (SSSR count). The van der Waals surface area contributed by atoms with Gasteiger partial charge in [0.25, 0.3) is 0 Å². The fourth-order valence-corrected chi connectivity index (χ4v) is 5.75. The van der Waals surface area contributed by atoms with Crippen LogP contribution in [0.15, 0.2) is 12.2 Å². The third kappa shape index (κ3) is 11.7. The molecule has 4 atom stereocenters. The molecule has 0 amide bonds. The molecule has 4 unspecified atom stereocenters. The zero-order chi connectivity index (χ0) is 22.6. The van der Waals surface area contributed by atoms with Gasteiger partial charge in [-0.3, -0.25) is 4.79 Å². The normalized spacial score (nSPS) is 24.3. The fourth-order valence-electron chi connectivity index (χ4n) is 4.55. The summed E-state index contributed by atoms with van der Waals surface area (Å²) in [6, 6.07) is 0. The molecule has 1 fully saturated rings. The monoisotopic (exact) mass is 440 g/mol. The van der Waals surface area contributed by atoms with Crippen molar-refractivity contribution in [1.82, 2.24) is 0 Å². The van der Waals surface area contributed by atoms with Crippen LogP contribution in [-0.4, -0.2) is 38.2 Å². The number of methoxy groups -OCH3 is 1. The first-order valence-electron chi connectivity index (χ1n) is 12.2. The van der Waals surface area contributed by atoms with E-state index >= 15 is 0 Å². The van der Waals surface area contributed by atoms with Crippen LogP contribution < -0.4 is 0 Å². The maximum absolute atomic E-state index is 11.2. The molecule has 0 bridgehead atoms. The van der Waals surface area contributed by atoms with Crippen molar-refractivity contribution in [3.63, 3.8) is 0 Å². The quantitative estimate of drug-likeness (QED) is 0.134. The van der Waals surface area contributed by atoms with Crippen molar-refractivity contribution in [2.24, 2.45) is 11.8 Å². The Labute approximate surface area is 186 Å². The van der Waals surface area contributed by atoms with E-state index in [-0.39, 0.29) is 5.97 Å². The first-order valence-corrected chi connectivity index (χ1v) is 15.6. The Kier molecular flexibility index (Phi) is 12.5.